The van der Waals surface area contributed by atoms with Gasteiger partial charge in [-0.1, -0.05) is 119 Å². The number of ether oxygens (including phenoxy) is 1. The minimum Gasteiger partial charge on any atom is -0.469 e. The predicted octanol–water partition coefficient (Wildman–Crippen LogP) is 12.9. The average molecular weight is 697 g/mol. The molecule has 0 aliphatic heterocycles. The summed E-state index contributed by atoms with van der Waals surface area (Å²) >= 11 is 2.07. The Hall–Kier alpha value is -0.346. The van der Waals surface area contributed by atoms with E-state index in [4.69, 9.17) is 13.6 Å². The first-order chi connectivity index (χ1) is 21.3. The van der Waals surface area contributed by atoms with E-state index in [2.05, 4.69) is 112 Å². The quantitative estimate of drug-likeness (QED) is 0.0488. The molecule has 0 heterocycles. The van der Waals surface area contributed by atoms with Crippen LogP contribution < -0.4 is 0 Å². The Balaban J connectivity index is 3.45. The molecule has 0 saturated carbocycles. The van der Waals surface area contributed by atoms with E-state index in [0.717, 1.165) is 37.9 Å². The zero-order valence-corrected chi connectivity index (χ0v) is 35.7. The highest BCUT2D eigenvalue weighted by atomic mass is 32.2. The van der Waals surface area contributed by atoms with Crippen LogP contribution in [0.3, 0.4) is 0 Å². The first-order valence-electron chi connectivity index (χ1n) is 18.7. The SMILES string of the molecule is CCCCCC1=C(SCCCCCC(=O)OC)[C@@H](/C=C/[C@H](C[C@H](C)CCCC)O[Si](C)(C)C(C)(C)C)[C@H](O[Si](C)(C)C(C)(C)C)C1. The smallest absolute Gasteiger partial charge is 0.305 e. The molecule has 0 aromatic rings. The van der Waals surface area contributed by atoms with Gasteiger partial charge >= 0.3 is 5.97 Å². The lowest BCUT2D eigenvalue weighted by molar-refractivity contribution is -0.140. The minimum absolute atomic E-state index is 0.0985. The van der Waals surface area contributed by atoms with E-state index < -0.39 is 16.6 Å². The Morgan fingerprint density at radius 3 is 2.11 bits per heavy atom. The first-order valence-corrected chi connectivity index (χ1v) is 25.5. The summed E-state index contributed by atoms with van der Waals surface area (Å²) in [6.07, 6.45) is 19.8. The van der Waals surface area contributed by atoms with Crippen LogP contribution in [0.25, 0.3) is 0 Å². The highest BCUT2D eigenvalue weighted by Crippen LogP contribution is 2.48. The molecule has 7 heteroatoms. The molecule has 0 bridgehead atoms. The van der Waals surface area contributed by atoms with Crippen LogP contribution in [0.5, 0.6) is 0 Å². The van der Waals surface area contributed by atoms with Crippen molar-refractivity contribution >= 4 is 34.4 Å². The second-order valence-corrected chi connectivity index (χ2v) is 27.7. The van der Waals surface area contributed by atoms with Crippen molar-refractivity contribution in [1.82, 2.24) is 0 Å². The number of unbranched alkanes of at least 4 members (excludes halogenated alkanes) is 5. The lowest BCUT2D eigenvalue weighted by Gasteiger charge is -2.40. The second-order valence-electron chi connectivity index (χ2n) is 17.1. The standard InChI is InChI=1S/C39H76O4SSi2/c1-15-17-20-24-32-30-35(43-46(13,14)39(7,8)9)34(37(32)44-28-22-19-21-25-36(40)41-10)27-26-33(29-31(3)23-18-16-2)42-45(11,12)38(4,5)6/h26-27,31,33-35H,15-25,28-30H2,1-14H3/b27-26+/t31-,33-,34+,35-/m1/s1. The Morgan fingerprint density at radius 1 is 0.913 bits per heavy atom. The van der Waals surface area contributed by atoms with Gasteiger partial charge in [-0.3, -0.25) is 4.79 Å². The van der Waals surface area contributed by atoms with Crippen LogP contribution >= 0.6 is 11.8 Å². The van der Waals surface area contributed by atoms with E-state index in [0.29, 0.717) is 12.3 Å². The molecule has 0 aromatic carbocycles. The summed E-state index contributed by atoms with van der Waals surface area (Å²) in [6, 6.07) is 0. The van der Waals surface area contributed by atoms with Gasteiger partial charge < -0.3 is 13.6 Å². The average Bonchev–Trinajstić information content (AvgIpc) is 3.25. The fraction of sp³-hybridized carbons (Fsp3) is 0.872. The van der Waals surface area contributed by atoms with Crippen molar-refractivity contribution in [3.8, 4) is 0 Å². The van der Waals surface area contributed by atoms with Gasteiger partial charge in [0.2, 0.25) is 0 Å². The molecule has 1 aliphatic carbocycles. The molecule has 1 rings (SSSR count). The fourth-order valence-electron chi connectivity index (χ4n) is 5.63. The van der Waals surface area contributed by atoms with Gasteiger partial charge in [0, 0.05) is 12.3 Å². The van der Waals surface area contributed by atoms with Gasteiger partial charge in [-0.25, -0.2) is 0 Å². The van der Waals surface area contributed by atoms with Crippen LogP contribution in [0.1, 0.15) is 146 Å². The topological polar surface area (TPSA) is 44.8 Å². The van der Waals surface area contributed by atoms with E-state index in [-0.39, 0.29) is 34.2 Å². The molecule has 4 nitrogen and oxygen atoms in total. The van der Waals surface area contributed by atoms with Crippen molar-refractivity contribution in [3.05, 3.63) is 22.6 Å². The van der Waals surface area contributed by atoms with Crippen LogP contribution in [0.15, 0.2) is 22.6 Å². The maximum absolute atomic E-state index is 11.6. The number of thioether (sulfide) groups is 1. The summed E-state index contributed by atoms with van der Waals surface area (Å²) in [5.74, 6) is 1.91. The van der Waals surface area contributed by atoms with Crippen molar-refractivity contribution < 1.29 is 18.4 Å². The number of hydrogen-bond donors (Lipinski definition) is 0. The summed E-state index contributed by atoms with van der Waals surface area (Å²) in [4.78, 5) is 13.2. The highest BCUT2D eigenvalue weighted by Gasteiger charge is 2.44. The van der Waals surface area contributed by atoms with Crippen LogP contribution in [-0.2, 0) is 18.4 Å². The van der Waals surface area contributed by atoms with Crippen LogP contribution in [-0.4, -0.2) is 47.7 Å². The second kappa shape index (κ2) is 20.4. The molecule has 270 valence electrons. The maximum Gasteiger partial charge on any atom is 0.305 e. The minimum atomic E-state index is -1.97. The highest BCUT2D eigenvalue weighted by molar-refractivity contribution is 8.03. The monoisotopic (exact) mass is 697 g/mol. The molecular weight excluding hydrogens is 621 g/mol. The molecule has 0 spiro atoms. The molecule has 46 heavy (non-hydrogen) atoms. The first kappa shape index (κ1) is 43.7. The summed E-state index contributed by atoms with van der Waals surface area (Å²) in [7, 11) is -2.44. The molecule has 0 N–H and O–H groups in total. The van der Waals surface area contributed by atoms with E-state index in [1.54, 1.807) is 10.5 Å². The van der Waals surface area contributed by atoms with Gasteiger partial charge in [0.15, 0.2) is 16.6 Å². The Bertz CT molecular complexity index is 945. The molecule has 0 amide bonds. The lowest BCUT2D eigenvalue weighted by Crippen LogP contribution is -2.45. The maximum atomic E-state index is 11.6. The third-order valence-corrected chi connectivity index (χ3v) is 21.2. The van der Waals surface area contributed by atoms with Crippen molar-refractivity contribution in [2.45, 2.75) is 194 Å². The third kappa shape index (κ3) is 15.0. The van der Waals surface area contributed by atoms with E-state index in [1.165, 1.54) is 52.1 Å². The summed E-state index contributed by atoms with van der Waals surface area (Å²) in [5, 5.41) is 0.343. The molecule has 0 unspecified atom stereocenters. The summed E-state index contributed by atoms with van der Waals surface area (Å²) in [5.41, 5.74) is 1.63. The lowest BCUT2D eigenvalue weighted by atomic mass is 9.96. The largest absolute Gasteiger partial charge is 0.469 e. The summed E-state index contributed by atoms with van der Waals surface area (Å²) in [6.45, 7) is 30.8. The Kier molecular flexibility index (Phi) is 19.3. The van der Waals surface area contributed by atoms with Crippen molar-refractivity contribution in [1.29, 1.82) is 0 Å². The van der Waals surface area contributed by atoms with Crippen LogP contribution in [0.2, 0.25) is 36.3 Å². The van der Waals surface area contributed by atoms with Crippen molar-refractivity contribution in [3.63, 3.8) is 0 Å². The van der Waals surface area contributed by atoms with Gasteiger partial charge in [-0.2, -0.15) is 0 Å². The van der Waals surface area contributed by atoms with E-state index in [9.17, 15) is 4.79 Å². The molecule has 1 aliphatic rings. The van der Waals surface area contributed by atoms with Gasteiger partial charge in [-0.15, -0.1) is 11.8 Å². The van der Waals surface area contributed by atoms with Crippen molar-refractivity contribution in [2.24, 2.45) is 11.8 Å². The molecule has 4 atom stereocenters. The van der Waals surface area contributed by atoms with Gasteiger partial charge in [-0.05, 0) is 91.4 Å². The number of carbonyl (C=O) groups is 1. The molecule has 0 fully saturated rings. The van der Waals surface area contributed by atoms with Crippen LogP contribution in [0.4, 0.5) is 0 Å². The van der Waals surface area contributed by atoms with Crippen LogP contribution in [0, 0.1) is 11.8 Å². The molecule has 0 aromatic heterocycles. The van der Waals surface area contributed by atoms with Gasteiger partial charge in [0.05, 0.1) is 19.3 Å². The normalized spacial score (nSPS) is 19.7. The predicted molar refractivity (Wildman–Crippen MR) is 209 cm³/mol. The molecule has 0 saturated heterocycles. The van der Waals surface area contributed by atoms with E-state index >= 15 is 0 Å². The Labute approximate surface area is 293 Å². The summed E-state index contributed by atoms with van der Waals surface area (Å²) < 4.78 is 19.3. The molecule has 0 radical (unpaired) electrons. The number of esters is 1. The number of rotatable bonds is 22. The molecular formula is C39H76O4SSi2. The van der Waals surface area contributed by atoms with E-state index in [1.807, 2.05) is 0 Å². The zero-order valence-electron chi connectivity index (χ0n) is 32.9. The number of carbonyl (C=O) groups excluding carboxylic acids is 1. The fourth-order valence-corrected chi connectivity index (χ4v) is 9.64. The zero-order chi connectivity index (χ0) is 35.2. The van der Waals surface area contributed by atoms with Gasteiger partial charge in [0.25, 0.3) is 0 Å². The number of hydrogen-bond acceptors (Lipinski definition) is 5. The third-order valence-electron chi connectivity index (χ3n) is 10.8. The van der Waals surface area contributed by atoms with Gasteiger partial charge in [0.1, 0.15) is 0 Å². The van der Waals surface area contributed by atoms with Crippen molar-refractivity contribution in [2.75, 3.05) is 12.9 Å². The Morgan fingerprint density at radius 2 is 1.54 bits per heavy atom. The number of methoxy groups -OCH3 is 1.